The molecule has 1 aromatic carbocycles. The van der Waals surface area contributed by atoms with Crippen LogP contribution in [-0.2, 0) is 11.8 Å². The second-order valence-corrected chi connectivity index (χ2v) is 6.91. The molecule has 0 radical (unpaired) electrons. The maximum atomic E-state index is 5.76. The van der Waals surface area contributed by atoms with Gasteiger partial charge in [-0.3, -0.25) is 0 Å². The standard InChI is InChI=1S/C17H30N2/c1-6-14-7-9-15(10-8-14)17(4,5)13-19-12-16(2,3)11-18/h7-10,19H,6,11-13,18H2,1-5H3. The molecule has 0 heterocycles. The van der Waals surface area contributed by atoms with Gasteiger partial charge in [-0.25, -0.2) is 0 Å². The topological polar surface area (TPSA) is 38.0 Å². The Morgan fingerprint density at radius 3 is 2.05 bits per heavy atom. The summed E-state index contributed by atoms with van der Waals surface area (Å²) in [6, 6.07) is 8.99. The van der Waals surface area contributed by atoms with Crippen LogP contribution in [0.5, 0.6) is 0 Å². The minimum Gasteiger partial charge on any atom is -0.330 e. The summed E-state index contributed by atoms with van der Waals surface area (Å²) < 4.78 is 0. The summed E-state index contributed by atoms with van der Waals surface area (Å²) in [5.41, 5.74) is 8.87. The first-order chi connectivity index (χ1) is 8.80. The molecular formula is C17H30N2. The van der Waals surface area contributed by atoms with Crippen LogP contribution in [0.1, 0.15) is 45.7 Å². The van der Waals surface area contributed by atoms with E-state index in [-0.39, 0.29) is 10.8 Å². The zero-order valence-corrected chi connectivity index (χ0v) is 13.2. The predicted molar refractivity (Wildman–Crippen MR) is 84.6 cm³/mol. The van der Waals surface area contributed by atoms with E-state index in [9.17, 15) is 0 Å². The Hall–Kier alpha value is -0.860. The van der Waals surface area contributed by atoms with Crippen molar-refractivity contribution in [3.63, 3.8) is 0 Å². The molecule has 0 amide bonds. The zero-order chi connectivity index (χ0) is 14.5. The first-order valence-corrected chi connectivity index (χ1v) is 7.31. The van der Waals surface area contributed by atoms with Gasteiger partial charge in [0.25, 0.3) is 0 Å². The van der Waals surface area contributed by atoms with Crippen LogP contribution in [-0.4, -0.2) is 19.6 Å². The van der Waals surface area contributed by atoms with Crippen molar-refractivity contribution in [2.75, 3.05) is 19.6 Å². The van der Waals surface area contributed by atoms with E-state index in [4.69, 9.17) is 5.73 Å². The fourth-order valence-electron chi connectivity index (χ4n) is 2.08. The molecule has 108 valence electrons. The largest absolute Gasteiger partial charge is 0.330 e. The highest BCUT2D eigenvalue weighted by molar-refractivity contribution is 5.28. The zero-order valence-electron chi connectivity index (χ0n) is 13.2. The highest BCUT2D eigenvalue weighted by Gasteiger charge is 2.22. The third kappa shape index (κ3) is 4.96. The molecule has 0 spiro atoms. The second kappa shape index (κ2) is 6.53. The van der Waals surface area contributed by atoms with Crippen molar-refractivity contribution in [2.24, 2.45) is 11.1 Å². The summed E-state index contributed by atoms with van der Waals surface area (Å²) in [7, 11) is 0. The molecule has 2 heteroatoms. The quantitative estimate of drug-likeness (QED) is 0.792. The molecule has 0 atom stereocenters. The van der Waals surface area contributed by atoms with Crippen LogP contribution in [0.2, 0.25) is 0 Å². The van der Waals surface area contributed by atoms with Gasteiger partial charge in [0.05, 0.1) is 0 Å². The molecule has 0 aromatic heterocycles. The monoisotopic (exact) mass is 262 g/mol. The molecule has 3 N–H and O–H groups in total. The minimum atomic E-state index is 0.150. The molecule has 0 aliphatic carbocycles. The van der Waals surface area contributed by atoms with Crippen molar-refractivity contribution in [2.45, 2.75) is 46.5 Å². The molecule has 0 unspecified atom stereocenters. The van der Waals surface area contributed by atoms with Gasteiger partial charge in [-0.05, 0) is 29.5 Å². The van der Waals surface area contributed by atoms with E-state index >= 15 is 0 Å². The van der Waals surface area contributed by atoms with Crippen molar-refractivity contribution >= 4 is 0 Å². The van der Waals surface area contributed by atoms with Gasteiger partial charge in [0.1, 0.15) is 0 Å². The minimum absolute atomic E-state index is 0.150. The Balaban J connectivity index is 2.59. The van der Waals surface area contributed by atoms with Crippen molar-refractivity contribution in [1.82, 2.24) is 5.32 Å². The van der Waals surface area contributed by atoms with Crippen molar-refractivity contribution < 1.29 is 0 Å². The molecule has 19 heavy (non-hydrogen) atoms. The number of hydrogen-bond donors (Lipinski definition) is 2. The van der Waals surface area contributed by atoms with Gasteiger partial charge < -0.3 is 11.1 Å². The average molecular weight is 262 g/mol. The molecule has 0 aliphatic rings. The van der Waals surface area contributed by atoms with Crippen molar-refractivity contribution in [3.8, 4) is 0 Å². The maximum Gasteiger partial charge on any atom is 0.00434 e. The summed E-state index contributed by atoms with van der Waals surface area (Å²) >= 11 is 0. The summed E-state index contributed by atoms with van der Waals surface area (Å²) in [5.74, 6) is 0. The second-order valence-electron chi connectivity index (χ2n) is 6.91. The van der Waals surface area contributed by atoms with E-state index in [1.165, 1.54) is 11.1 Å². The average Bonchev–Trinajstić information content (AvgIpc) is 2.38. The summed E-state index contributed by atoms with van der Waals surface area (Å²) in [4.78, 5) is 0. The smallest absolute Gasteiger partial charge is 0.00434 e. The maximum absolute atomic E-state index is 5.76. The van der Waals surface area contributed by atoms with Gasteiger partial charge in [-0.2, -0.15) is 0 Å². The fraction of sp³-hybridized carbons (Fsp3) is 0.647. The van der Waals surface area contributed by atoms with Crippen LogP contribution >= 0.6 is 0 Å². The van der Waals surface area contributed by atoms with E-state index in [1.54, 1.807) is 0 Å². The van der Waals surface area contributed by atoms with Gasteiger partial charge in [0, 0.05) is 18.5 Å². The molecule has 0 aliphatic heterocycles. The molecule has 1 aromatic rings. The first kappa shape index (κ1) is 16.2. The van der Waals surface area contributed by atoms with Crippen LogP contribution in [0.3, 0.4) is 0 Å². The fourth-order valence-corrected chi connectivity index (χ4v) is 2.08. The Labute approximate surface area is 118 Å². The Bertz CT molecular complexity index is 377. The van der Waals surface area contributed by atoms with E-state index in [2.05, 4.69) is 64.2 Å². The molecule has 0 saturated heterocycles. The van der Waals surface area contributed by atoms with Gasteiger partial charge in [0.2, 0.25) is 0 Å². The van der Waals surface area contributed by atoms with Crippen LogP contribution in [0.15, 0.2) is 24.3 Å². The predicted octanol–water partition coefficient (Wildman–Crippen LogP) is 3.10. The van der Waals surface area contributed by atoms with Gasteiger partial charge in [-0.15, -0.1) is 0 Å². The lowest BCUT2D eigenvalue weighted by Crippen LogP contribution is -2.40. The van der Waals surface area contributed by atoms with Crippen molar-refractivity contribution in [1.29, 1.82) is 0 Å². The van der Waals surface area contributed by atoms with E-state index in [1.807, 2.05) is 0 Å². The molecular weight excluding hydrogens is 232 g/mol. The number of hydrogen-bond acceptors (Lipinski definition) is 2. The molecule has 0 fully saturated rings. The molecule has 0 saturated carbocycles. The summed E-state index contributed by atoms with van der Waals surface area (Å²) in [6.45, 7) is 13.8. The highest BCUT2D eigenvalue weighted by atomic mass is 14.9. The lowest BCUT2D eigenvalue weighted by molar-refractivity contribution is 0.332. The van der Waals surface area contributed by atoms with E-state index in [0.29, 0.717) is 6.54 Å². The number of nitrogens with two attached hydrogens (primary N) is 1. The van der Waals surface area contributed by atoms with Crippen LogP contribution in [0.4, 0.5) is 0 Å². The van der Waals surface area contributed by atoms with Gasteiger partial charge in [0.15, 0.2) is 0 Å². The molecule has 2 nitrogen and oxygen atoms in total. The third-order valence-electron chi connectivity index (χ3n) is 3.87. The van der Waals surface area contributed by atoms with Crippen LogP contribution in [0.25, 0.3) is 0 Å². The Morgan fingerprint density at radius 2 is 1.58 bits per heavy atom. The van der Waals surface area contributed by atoms with Crippen molar-refractivity contribution in [3.05, 3.63) is 35.4 Å². The number of rotatable bonds is 7. The lowest BCUT2D eigenvalue weighted by Gasteiger charge is -2.29. The number of nitrogens with one attached hydrogen (secondary N) is 1. The molecule has 1 rings (SSSR count). The normalized spacial score (nSPS) is 12.7. The Kier molecular flexibility index (Phi) is 5.57. The van der Waals surface area contributed by atoms with E-state index < -0.39 is 0 Å². The summed E-state index contributed by atoms with van der Waals surface area (Å²) in [5, 5.41) is 3.56. The van der Waals surface area contributed by atoms with E-state index in [0.717, 1.165) is 19.5 Å². The number of benzene rings is 1. The van der Waals surface area contributed by atoms with Crippen LogP contribution in [0, 0.1) is 5.41 Å². The molecule has 0 bridgehead atoms. The van der Waals surface area contributed by atoms with Gasteiger partial charge >= 0.3 is 0 Å². The Morgan fingerprint density at radius 1 is 1.00 bits per heavy atom. The summed E-state index contributed by atoms with van der Waals surface area (Å²) in [6.07, 6.45) is 1.10. The van der Waals surface area contributed by atoms with Crippen LogP contribution < -0.4 is 11.1 Å². The SMILES string of the molecule is CCc1ccc(C(C)(C)CNCC(C)(C)CN)cc1. The first-order valence-electron chi connectivity index (χ1n) is 7.31. The number of aryl methyl sites for hydroxylation is 1. The highest BCUT2D eigenvalue weighted by Crippen LogP contribution is 2.23. The third-order valence-corrected chi connectivity index (χ3v) is 3.87. The van der Waals surface area contributed by atoms with Gasteiger partial charge in [-0.1, -0.05) is 58.9 Å². The lowest BCUT2D eigenvalue weighted by atomic mass is 9.83.